The highest BCUT2D eigenvalue weighted by Crippen LogP contribution is 2.23. The van der Waals surface area contributed by atoms with E-state index in [2.05, 4.69) is 33.5 Å². The molecule has 0 amide bonds. The van der Waals surface area contributed by atoms with Crippen LogP contribution in [0.2, 0.25) is 0 Å². The third-order valence-corrected chi connectivity index (χ3v) is 5.57. The van der Waals surface area contributed by atoms with Crippen molar-refractivity contribution in [3.63, 3.8) is 0 Å². The first kappa shape index (κ1) is 17.6. The SMILES string of the molecule is COc1ccc(Cc2nnc3sc(COc4ccc5ccccc5c4)nn23)cc1. The Labute approximate surface area is 171 Å². The van der Waals surface area contributed by atoms with Gasteiger partial charge in [0.1, 0.15) is 18.1 Å². The normalized spacial score (nSPS) is 11.2. The van der Waals surface area contributed by atoms with Gasteiger partial charge in [-0.2, -0.15) is 9.61 Å². The second-order valence-electron chi connectivity index (χ2n) is 6.63. The third-order valence-electron chi connectivity index (χ3n) is 4.70. The summed E-state index contributed by atoms with van der Waals surface area (Å²) in [6.45, 7) is 0.397. The monoisotopic (exact) mass is 402 g/mol. The summed E-state index contributed by atoms with van der Waals surface area (Å²) >= 11 is 1.49. The molecule has 2 aromatic heterocycles. The zero-order chi connectivity index (χ0) is 19.6. The van der Waals surface area contributed by atoms with Crippen LogP contribution in [0.15, 0.2) is 66.7 Å². The highest BCUT2D eigenvalue weighted by atomic mass is 32.1. The van der Waals surface area contributed by atoms with Crippen molar-refractivity contribution in [2.75, 3.05) is 7.11 Å². The Morgan fingerprint density at radius 3 is 2.52 bits per heavy atom. The predicted octanol–water partition coefficient (Wildman–Crippen LogP) is 4.52. The molecule has 3 aromatic carbocycles. The topological polar surface area (TPSA) is 61.5 Å². The fraction of sp³-hybridized carbons (Fsp3) is 0.136. The summed E-state index contributed by atoms with van der Waals surface area (Å²) in [4.78, 5) is 0.769. The molecule has 0 spiro atoms. The van der Waals surface area contributed by atoms with Gasteiger partial charge in [0.2, 0.25) is 4.96 Å². The van der Waals surface area contributed by atoms with Crippen LogP contribution >= 0.6 is 11.3 Å². The molecule has 0 N–H and O–H groups in total. The van der Waals surface area contributed by atoms with Crippen LogP contribution in [-0.4, -0.2) is 26.9 Å². The van der Waals surface area contributed by atoms with E-state index in [0.29, 0.717) is 13.0 Å². The summed E-state index contributed by atoms with van der Waals surface area (Å²) in [6, 6.07) is 22.3. The Balaban J connectivity index is 1.32. The van der Waals surface area contributed by atoms with Crippen molar-refractivity contribution in [2.24, 2.45) is 0 Å². The Hall–Kier alpha value is -3.45. The molecule has 5 rings (SSSR count). The van der Waals surface area contributed by atoms with Gasteiger partial charge in [-0.1, -0.05) is 53.8 Å². The molecule has 0 aliphatic rings. The molecule has 0 aliphatic carbocycles. The van der Waals surface area contributed by atoms with Gasteiger partial charge in [0.05, 0.1) is 7.11 Å². The molecule has 0 radical (unpaired) electrons. The minimum atomic E-state index is 0.397. The second-order valence-corrected chi connectivity index (χ2v) is 7.67. The van der Waals surface area contributed by atoms with Crippen molar-refractivity contribution in [3.8, 4) is 11.5 Å². The minimum Gasteiger partial charge on any atom is -0.497 e. The van der Waals surface area contributed by atoms with E-state index in [-0.39, 0.29) is 0 Å². The molecular weight excluding hydrogens is 384 g/mol. The Bertz CT molecular complexity index is 1280. The Kier molecular flexibility index (Phi) is 4.57. The first-order chi connectivity index (χ1) is 14.3. The summed E-state index contributed by atoms with van der Waals surface area (Å²) in [5.74, 6) is 2.47. The number of fused-ring (bicyclic) bond motifs is 2. The van der Waals surface area contributed by atoms with Crippen LogP contribution in [0.25, 0.3) is 15.7 Å². The van der Waals surface area contributed by atoms with Gasteiger partial charge in [0.15, 0.2) is 10.8 Å². The average Bonchev–Trinajstić information content (AvgIpc) is 3.34. The highest BCUT2D eigenvalue weighted by molar-refractivity contribution is 7.16. The van der Waals surface area contributed by atoms with Crippen LogP contribution in [-0.2, 0) is 13.0 Å². The smallest absolute Gasteiger partial charge is 0.234 e. The zero-order valence-corrected chi connectivity index (χ0v) is 16.6. The predicted molar refractivity (Wildman–Crippen MR) is 113 cm³/mol. The van der Waals surface area contributed by atoms with Crippen LogP contribution in [0, 0.1) is 0 Å². The summed E-state index contributed by atoms with van der Waals surface area (Å²) < 4.78 is 13.0. The maximum Gasteiger partial charge on any atom is 0.234 e. The number of aromatic nitrogens is 4. The fourth-order valence-electron chi connectivity index (χ4n) is 3.19. The van der Waals surface area contributed by atoms with E-state index in [4.69, 9.17) is 9.47 Å². The molecule has 0 aliphatic heterocycles. The van der Waals surface area contributed by atoms with Gasteiger partial charge in [-0.05, 0) is 40.6 Å². The van der Waals surface area contributed by atoms with E-state index < -0.39 is 0 Å². The summed E-state index contributed by atoms with van der Waals surface area (Å²) in [7, 11) is 1.66. The Morgan fingerprint density at radius 1 is 0.897 bits per heavy atom. The van der Waals surface area contributed by atoms with E-state index in [0.717, 1.165) is 38.2 Å². The molecule has 0 fully saturated rings. The van der Waals surface area contributed by atoms with Crippen LogP contribution in [0.3, 0.4) is 0 Å². The molecule has 144 valence electrons. The number of benzene rings is 3. The first-order valence-corrected chi connectivity index (χ1v) is 10.0. The third kappa shape index (κ3) is 3.64. The molecular formula is C22H18N4O2S. The van der Waals surface area contributed by atoms with Crippen LogP contribution in [0.1, 0.15) is 16.4 Å². The highest BCUT2D eigenvalue weighted by Gasteiger charge is 2.13. The van der Waals surface area contributed by atoms with Crippen LogP contribution in [0.5, 0.6) is 11.5 Å². The molecule has 0 saturated heterocycles. The quantitative estimate of drug-likeness (QED) is 0.418. The average molecular weight is 402 g/mol. The summed E-state index contributed by atoms with van der Waals surface area (Å²) in [5, 5.41) is 16.4. The molecule has 0 saturated carbocycles. The lowest BCUT2D eigenvalue weighted by atomic mass is 10.1. The number of ether oxygens (including phenoxy) is 2. The van der Waals surface area contributed by atoms with E-state index in [9.17, 15) is 0 Å². The van der Waals surface area contributed by atoms with Crippen LogP contribution in [0.4, 0.5) is 0 Å². The van der Waals surface area contributed by atoms with Gasteiger partial charge in [-0.25, -0.2) is 0 Å². The van der Waals surface area contributed by atoms with Crippen molar-refractivity contribution in [2.45, 2.75) is 13.0 Å². The number of methoxy groups -OCH3 is 1. The van der Waals surface area contributed by atoms with Gasteiger partial charge < -0.3 is 9.47 Å². The van der Waals surface area contributed by atoms with Gasteiger partial charge in [0, 0.05) is 6.42 Å². The van der Waals surface area contributed by atoms with E-state index in [1.165, 1.54) is 16.7 Å². The van der Waals surface area contributed by atoms with E-state index >= 15 is 0 Å². The van der Waals surface area contributed by atoms with Gasteiger partial charge >= 0.3 is 0 Å². The molecule has 0 unspecified atom stereocenters. The molecule has 29 heavy (non-hydrogen) atoms. The standard InChI is InChI=1S/C22H18N4O2S/c1-27-18-9-6-15(7-10-18)12-20-23-24-22-26(20)25-21(29-22)14-28-19-11-8-16-4-2-3-5-17(16)13-19/h2-11,13H,12,14H2,1H3. The zero-order valence-electron chi connectivity index (χ0n) is 15.8. The number of nitrogens with zero attached hydrogens (tertiary/aromatic N) is 4. The summed E-state index contributed by atoms with van der Waals surface area (Å²) in [6.07, 6.45) is 0.653. The van der Waals surface area contributed by atoms with Crippen molar-refractivity contribution in [3.05, 3.63) is 83.1 Å². The van der Waals surface area contributed by atoms with Gasteiger partial charge in [0.25, 0.3) is 0 Å². The Morgan fingerprint density at radius 2 is 1.69 bits per heavy atom. The van der Waals surface area contributed by atoms with Crippen molar-refractivity contribution in [1.82, 2.24) is 19.8 Å². The number of hydrogen-bond acceptors (Lipinski definition) is 6. The largest absolute Gasteiger partial charge is 0.497 e. The summed E-state index contributed by atoms with van der Waals surface area (Å²) in [5.41, 5.74) is 1.13. The number of hydrogen-bond donors (Lipinski definition) is 0. The lowest BCUT2D eigenvalue weighted by molar-refractivity contribution is 0.304. The molecule has 5 aromatic rings. The van der Waals surface area contributed by atoms with E-state index in [1.807, 2.05) is 48.5 Å². The maximum atomic E-state index is 5.96. The maximum absolute atomic E-state index is 5.96. The van der Waals surface area contributed by atoms with Gasteiger partial charge in [-0.15, -0.1) is 10.2 Å². The fourth-order valence-corrected chi connectivity index (χ4v) is 3.96. The molecule has 6 nitrogen and oxygen atoms in total. The molecule has 0 bridgehead atoms. The molecule has 7 heteroatoms. The van der Waals surface area contributed by atoms with E-state index in [1.54, 1.807) is 11.6 Å². The van der Waals surface area contributed by atoms with Crippen molar-refractivity contribution < 1.29 is 9.47 Å². The number of rotatable bonds is 6. The molecule has 2 heterocycles. The van der Waals surface area contributed by atoms with Gasteiger partial charge in [-0.3, -0.25) is 0 Å². The van der Waals surface area contributed by atoms with Crippen molar-refractivity contribution >= 4 is 27.1 Å². The second kappa shape index (κ2) is 7.52. The van der Waals surface area contributed by atoms with Crippen LogP contribution < -0.4 is 9.47 Å². The van der Waals surface area contributed by atoms with Crippen molar-refractivity contribution in [1.29, 1.82) is 0 Å². The minimum absolute atomic E-state index is 0.397. The lowest BCUT2D eigenvalue weighted by Crippen LogP contribution is -2.00. The first-order valence-electron chi connectivity index (χ1n) is 9.23. The molecule has 0 atom stereocenters. The lowest BCUT2D eigenvalue weighted by Gasteiger charge is -2.05.